The highest BCUT2D eigenvalue weighted by Gasteiger charge is 2.46. The second-order valence-corrected chi connectivity index (χ2v) is 6.28. The molecule has 0 aliphatic carbocycles. The van der Waals surface area contributed by atoms with Crippen LogP contribution in [0.3, 0.4) is 0 Å². The molecule has 4 nitrogen and oxygen atoms in total. The van der Waals surface area contributed by atoms with Gasteiger partial charge in [0.1, 0.15) is 11.1 Å². The molecule has 17 heavy (non-hydrogen) atoms. The van der Waals surface area contributed by atoms with E-state index in [0.29, 0.717) is 13.0 Å². The molecule has 1 rings (SSSR count). The zero-order chi connectivity index (χ0) is 13.3. The molecular weight excluding hydrogens is 238 g/mol. The topological polar surface area (TPSA) is 46.6 Å². The minimum Gasteiger partial charge on any atom is -0.444 e. The molecular formula is C12H21NO3S. The van der Waals surface area contributed by atoms with Crippen molar-refractivity contribution in [3.8, 4) is 0 Å². The quantitative estimate of drug-likeness (QED) is 0.726. The first kappa shape index (κ1) is 14.4. The predicted octanol–water partition coefficient (Wildman–Crippen LogP) is 2.67. The Kier molecular flexibility index (Phi) is 4.12. The molecule has 1 atom stereocenters. The normalized spacial score (nSPS) is 24.9. The van der Waals surface area contributed by atoms with E-state index in [4.69, 9.17) is 4.74 Å². The first-order chi connectivity index (χ1) is 7.70. The molecule has 0 aromatic rings. The minimum atomic E-state index is -0.707. The van der Waals surface area contributed by atoms with Gasteiger partial charge in [-0.3, -0.25) is 9.69 Å². The second-order valence-electron chi connectivity index (χ2n) is 5.50. The number of nitrogens with zero attached hydrogens (tertiary/aromatic N) is 1. The SMILES string of the molecule is CSC(=O)[C@]1(C)CCCN1C(=O)OC(C)(C)C. The van der Waals surface area contributed by atoms with E-state index in [2.05, 4.69) is 0 Å². The van der Waals surface area contributed by atoms with Crippen LogP contribution in [0.1, 0.15) is 40.5 Å². The number of carbonyl (C=O) groups is 2. The smallest absolute Gasteiger partial charge is 0.411 e. The lowest BCUT2D eigenvalue weighted by atomic mass is 10.0. The van der Waals surface area contributed by atoms with Crippen LogP contribution in [0.4, 0.5) is 4.79 Å². The maximum absolute atomic E-state index is 12.0. The lowest BCUT2D eigenvalue weighted by molar-refractivity contribution is -0.119. The average molecular weight is 259 g/mol. The molecule has 1 heterocycles. The third kappa shape index (κ3) is 3.15. The summed E-state index contributed by atoms with van der Waals surface area (Å²) in [6, 6.07) is 0. The lowest BCUT2D eigenvalue weighted by Gasteiger charge is -2.34. The van der Waals surface area contributed by atoms with Crippen molar-refractivity contribution in [1.82, 2.24) is 4.90 Å². The van der Waals surface area contributed by atoms with Gasteiger partial charge < -0.3 is 4.74 Å². The summed E-state index contributed by atoms with van der Waals surface area (Å²) in [4.78, 5) is 25.5. The fraction of sp³-hybridized carbons (Fsp3) is 0.833. The molecule has 5 heteroatoms. The monoisotopic (exact) mass is 259 g/mol. The molecule has 0 radical (unpaired) electrons. The van der Waals surface area contributed by atoms with E-state index in [1.807, 2.05) is 27.7 Å². The van der Waals surface area contributed by atoms with Crippen LogP contribution in [0, 0.1) is 0 Å². The van der Waals surface area contributed by atoms with Crippen molar-refractivity contribution in [2.45, 2.75) is 51.7 Å². The fourth-order valence-electron chi connectivity index (χ4n) is 2.01. The molecule has 1 amide bonds. The van der Waals surface area contributed by atoms with Gasteiger partial charge in [-0.2, -0.15) is 0 Å². The lowest BCUT2D eigenvalue weighted by Crippen LogP contribution is -2.51. The minimum absolute atomic E-state index is 0.0286. The molecule has 1 fully saturated rings. The number of hydrogen-bond donors (Lipinski definition) is 0. The van der Waals surface area contributed by atoms with Gasteiger partial charge in [-0.25, -0.2) is 4.79 Å². The molecule has 1 aliphatic rings. The maximum atomic E-state index is 12.0. The molecule has 1 aliphatic heterocycles. The summed E-state index contributed by atoms with van der Waals surface area (Å²) in [5.74, 6) is 0. The molecule has 0 aromatic heterocycles. The molecule has 0 saturated carbocycles. The van der Waals surface area contributed by atoms with Crippen LogP contribution in [-0.2, 0) is 9.53 Å². The second kappa shape index (κ2) is 4.88. The Balaban J connectivity index is 2.83. The highest BCUT2D eigenvalue weighted by molar-refractivity contribution is 8.13. The average Bonchev–Trinajstić information content (AvgIpc) is 2.58. The molecule has 98 valence electrons. The van der Waals surface area contributed by atoms with E-state index >= 15 is 0 Å². The Morgan fingerprint density at radius 2 is 1.94 bits per heavy atom. The van der Waals surface area contributed by atoms with Gasteiger partial charge in [0.15, 0.2) is 0 Å². The van der Waals surface area contributed by atoms with Gasteiger partial charge in [0.25, 0.3) is 0 Å². The van der Waals surface area contributed by atoms with E-state index in [9.17, 15) is 9.59 Å². The third-order valence-corrected chi connectivity index (χ3v) is 3.69. The third-order valence-electron chi connectivity index (χ3n) is 2.88. The van der Waals surface area contributed by atoms with E-state index in [1.165, 1.54) is 11.8 Å². The summed E-state index contributed by atoms with van der Waals surface area (Å²) in [5.41, 5.74) is -1.23. The van der Waals surface area contributed by atoms with Gasteiger partial charge in [0.05, 0.1) is 0 Å². The number of amides is 1. The van der Waals surface area contributed by atoms with Gasteiger partial charge in [-0.05, 0) is 46.8 Å². The van der Waals surface area contributed by atoms with Gasteiger partial charge in [0, 0.05) is 6.54 Å². The summed E-state index contributed by atoms with van der Waals surface area (Å²) in [6.07, 6.45) is 2.92. The first-order valence-corrected chi connectivity index (χ1v) is 7.02. The standard InChI is InChI=1S/C12H21NO3S/c1-11(2,3)16-10(15)13-8-6-7-12(13,4)9(14)17-5/h6-8H2,1-5H3/t12-/m0/s1. The summed E-state index contributed by atoms with van der Waals surface area (Å²) in [5, 5.41) is 0.0286. The van der Waals surface area contributed by atoms with E-state index in [-0.39, 0.29) is 11.2 Å². The van der Waals surface area contributed by atoms with Crippen molar-refractivity contribution in [2.24, 2.45) is 0 Å². The highest BCUT2D eigenvalue weighted by Crippen LogP contribution is 2.34. The zero-order valence-corrected chi connectivity index (χ0v) is 12.0. The van der Waals surface area contributed by atoms with Gasteiger partial charge in [-0.15, -0.1) is 0 Å². The number of ether oxygens (including phenoxy) is 1. The van der Waals surface area contributed by atoms with Crippen LogP contribution in [0.15, 0.2) is 0 Å². The molecule has 0 aromatic carbocycles. The first-order valence-electron chi connectivity index (χ1n) is 5.80. The van der Waals surface area contributed by atoms with Crippen LogP contribution in [-0.4, -0.2) is 40.0 Å². The molecule has 1 saturated heterocycles. The van der Waals surface area contributed by atoms with E-state index in [1.54, 1.807) is 11.2 Å². The number of hydrogen-bond acceptors (Lipinski definition) is 4. The molecule has 0 spiro atoms. The number of likely N-dealkylation sites (tertiary alicyclic amines) is 1. The van der Waals surface area contributed by atoms with Crippen LogP contribution in [0.2, 0.25) is 0 Å². The van der Waals surface area contributed by atoms with Crippen molar-refractivity contribution in [3.05, 3.63) is 0 Å². The largest absolute Gasteiger partial charge is 0.444 e. The number of rotatable bonds is 1. The fourth-order valence-corrected chi connectivity index (χ4v) is 2.66. The van der Waals surface area contributed by atoms with Crippen LogP contribution >= 0.6 is 11.8 Å². The summed E-state index contributed by atoms with van der Waals surface area (Å²) < 4.78 is 5.34. The van der Waals surface area contributed by atoms with Crippen molar-refractivity contribution in [1.29, 1.82) is 0 Å². The Hall–Kier alpha value is -0.710. The van der Waals surface area contributed by atoms with Crippen molar-refractivity contribution < 1.29 is 14.3 Å². The maximum Gasteiger partial charge on any atom is 0.411 e. The Labute approximate surface area is 107 Å². The zero-order valence-electron chi connectivity index (χ0n) is 11.2. The van der Waals surface area contributed by atoms with Crippen molar-refractivity contribution in [2.75, 3.05) is 12.8 Å². The number of carbonyl (C=O) groups excluding carboxylic acids is 2. The van der Waals surface area contributed by atoms with Gasteiger partial charge >= 0.3 is 6.09 Å². The van der Waals surface area contributed by atoms with Crippen molar-refractivity contribution in [3.63, 3.8) is 0 Å². The van der Waals surface area contributed by atoms with Crippen LogP contribution in [0.5, 0.6) is 0 Å². The Morgan fingerprint density at radius 1 is 1.35 bits per heavy atom. The molecule has 0 bridgehead atoms. The van der Waals surface area contributed by atoms with E-state index < -0.39 is 11.1 Å². The predicted molar refractivity (Wildman–Crippen MR) is 69.1 cm³/mol. The molecule has 0 N–H and O–H groups in total. The molecule has 0 unspecified atom stereocenters. The number of thioether (sulfide) groups is 1. The Morgan fingerprint density at radius 3 is 2.41 bits per heavy atom. The summed E-state index contributed by atoms with van der Waals surface area (Å²) in [6.45, 7) is 7.90. The van der Waals surface area contributed by atoms with Crippen LogP contribution < -0.4 is 0 Å². The van der Waals surface area contributed by atoms with Gasteiger partial charge in [-0.1, -0.05) is 11.8 Å². The van der Waals surface area contributed by atoms with Crippen molar-refractivity contribution >= 4 is 23.0 Å². The van der Waals surface area contributed by atoms with Gasteiger partial charge in [0.2, 0.25) is 5.12 Å². The summed E-state index contributed by atoms with van der Waals surface area (Å²) in [7, 11) is 0. The summed E-state index contributed by atoms with van der Waals surface area (Å²) >= 11 is 1.17. The highest BCUT2D eigenvalue weighted by atomic mass is 32.2. The van der Waals surface area contributed by atoms with Crippen LogP contribution in [0.25, 0.3) is 0 Å². The Bertz CT molecular complexity index is 324. The van der Waals surface area contributed by atoms with E-state index in [0.717, 1.165) is 6.42 Å².